The van der Waals surface area contributed by atoms with E-state index in [1.165, 1.54) is 5.69 Å². The normalized spacial score (nSPS) is 12.7. The van der Waals surface area contributed by atoms with Gasteiger partial charge in [-0.2, -0.15) is 5.10 Å². The second-order valence-electron chi connectivity index (χ2n) is 4.88. The van der Waals surface area contributed by atoms with E-state index in [0.29, 0.717) is 0 Å². The lowest BCUT2D eigenvalue weighted by atomic mass is 10.0. The first-order valence-corrected chi connectivity index (χ1v) is 7.86. The van der Waals surface area contributed by atoms with Crippen molar-refractivity contribution >= 4 is 27.5 Å². The molecule has 1 aromatic heterocycles. The van der Waals surface area contributed by atoms with E-state index in [0.717, 1.165) is 33.7 Å². The van der Waals surface area contributed by atoms with E-state index in [1.807, 2.05) is 30.8 Å². The topological polar surface area (TPSA) is 29.9 Å². The molecule has 3 nitrogen and oxygen atoms in total. The first kappa shape index (κ1) is 15.5. The van der Waals surface area contributed by atoms with Crippen LogP contribution in [0, 0.1) is 6.92 Å². The summed E-state index contributed by atoms with van der Waals surface area (Å²) in [5, 5.41) is 8.70. The summed E-state index contributed by atoms with van der Waals surface area (Å²) >= 11 is 9.87. The highest BCUT2D eigenvalue weighted by molar-refractivity contribution is 9.10. The van der Waals surface area contributed by atoms with E-state index in [9.17, 15) is 0 Å². The molecule has 20 heavy (non-hydrogen) atoms. The monoisotopic (exact) mass is 355 g/mol. The van der Waals surface area contributed by atoms with Crippen molar-refractivity contribution in [2.75, 3.05) is 6.54 Å². The zero-order valence-corrected chi connectivity index (χ0v) is 14.3. The standard InChI is InChI=1S/C15H19BrClN3/c1-4-18-15(9-12-7-10(2)19-20(12)3)13-8-11(16)5-6-14(13)17/h5-8,15,18H,4,9H2,1-3H3. The van der Waals surface area contributed by atoms with E-state index in [4.69, 9.17) is 11.6 Å². The van der Waals surface area contributed by atoms with Crippen LogP contribution in [0.5, 0.6) is 0 Å². The van der Waals surface area contributed by atoms with E-state index in [-0.39, 0.29) is 6.04 Å². The molecule has 0 bridgehead atoms. The van der Waals surface area contributed by atoms with Crippen LogP contribution >= 0.6 is 27.5 Å². The van der Waals surface area contributed by atoms with Gasteiger partial charge in [0.05, 0.1) is 5.69 Å². The molecule has 0 radical (unpaired) electrons. The lowest BCUT2D eigenvalue weighted by molar-refractivity contribution is 0.528. The minimum absolute atomic E-state index is 0.180. The predicted molar refractivity (Wildman–Crippen MR) is 87.2 cm³/mol. The third-order valence-corrected chi connectivity index (χ3v) is 4.13. The minimum Gasteiger partial charge on any atom is -0.310 e. The summed E-state index contributed by atoms with van der Waals surface area (Å²) in [4.78, 5) is 0. The molecule has 1 unspecified atom stereocenters. The van der Waals surface area contributed by atoms with Crippen molar-refractivity contribution in [1.82, 2.24) is 15.1 Å². The van der Waals surface area contributed by atoms with Crippen LogP contribution in [-0.4, -0.2) is 16.3 Å². The molecule has 0 aliphatic carbocycles. The molecular formula is C15H19BrClN3. The second kappa shape index (κ2) is 6.74. The van der Waals surface area contributed by atoms with Gasteiger partial charge < -0.3 is 5.32 Å². The predicted octanol–water partition coefficient (Wildman–Crippen LogP) is 4.04. The maximum Gasteiger partial charge on any atom is 0.0596 e. The largest absolute Gasteiger partial charge is 0.310 e. The SMILES string of the molecule is CCNC(Cc1cc(C)nn1C)c1cc(Br)ccc1Cl. The highest BCUT2D eigenvalue weighted by Gasteiger charge is 2.17. The summed E-state index contributed by atoms with van der Waals surface area (Å²) in [6.45, 7) is 5.01. The summed E-state index contributed by atoms with van der Waals surface area (Å²) in [6, 6.07) is 8.28. The van der Waals surface area contributed by atoms with Crippen molar-refractivity contribution in [1.29, 1.82) is 0 Å². The molecule has 0 spiro atoms. The van der Waals surface area contributed by atoms with Gasteiger partial charge in [0.15, 0.2) is 0 Å². The molecule has 0 saturated carbocycles. The number of likely N-dealkylation sites (N-methyl/N-ethyl adjacent to an activating group) is 1. The van der Waals surface area contributed by atoms with Crippen molar-refractivity contribution in [3.63, 3.8) is 0 Å². The van der Waals surface area contributed by atoms with Crippen molar-refractivity contribution in [3.8, 4) is 0 Å². The molecule has 0 aliphatic rings. The molecule has 1 heterocycles. The van der Waals surface area contributed by atoms with Crippen LogP contribution in [-0.2, 0) is 13.5 Å². The van der Waals surface area contributed by atoms with E-state index in [1.54, 1.807) is 0 Å². The van der Waals surface area contributed by atoms with Crippen LogP contribution in [0.1, 0.15) is 29.9 Å². The Morgan fingerprint density at radius 3 is 2.75 bits per heavy atom. The Bertz CT molecular complexity index is 595. The highest BCUT2D eigenvalue weighted by atomic mass is 79.9. The van der Waals surface area contributed by atoms with Crippen LogP contribution in [0.3, 0.4) is 0 Å². The number of nitrogens with zero attached hydrogens (tertiary/aromatic N) is 2. The summed E-state index contributed by atoms with van der Waals surface area (Å²) in [7, 11) is 1.98. The summed E-state index contributed by atoms with van der Waals surface area (Å²) < 4.78 is 2.98. The molecule has 1 atom stereocenters. The van der Waals surface area contributed by atoms with E-state index < -0.39 is 0 Å². The Balaban J connectivity index is 2.31. The number of nitrogens with one attached hydrogen (secondary N) is 1. The van der Waals surface area contributed by atoms with Crippen LogP contribution in [0.4, 0.5) is 0 Å². The summed E-state index contributed by atoms with van der Waals surface area (Å²) in [5.74, 6) is 0. The minimum atomic E-state index is 0.180. The van der Waals surface area contributed by atoms with Gasteiger partial charge in [-0.15, -0.1) is 0 Å². The zero-order chi connectivity index (χ0) is 14.7. The van der Waals surface area contributed by atoms with Gasteiger partial charge in [0.25, 0.3) is 0 Å². The molecule has 5 heteroatoms. The average molecular weight is 357 g/mol. The number of halogens is 2. The maximum absolute atomic E-state index is 6.35. The number of aromatic nitrogens is 2. The molecule has 2 rings (SSSR count). The molecule has 0 fully saturated rings. The van der Waals surface area contributed by atoms with Gasteiger partial charge in [0.1, 0.15) is 0 Å². The molecule has 0 aliphatic heterocycles. The van der Waals surface area contributed by atoms with Gasteiger partial charge in [-0.3, -0.25) is 4.68 Å². The number of benzene rings is 1. The average Bonchev–Trinajstić information content (AvgIpc) is 2.70. The molecule has 0 amide bonds. The second-order valence-corrected chi connectivity index (χ2v) is 6.20. The first-order chi connectivity index (χ1) is 9.51. The van der Waals surface area contributed by atoms with Crippen molar-refractivity contribution in [2.45, 2.75) is 26.3 Å². The number of hydrogen-bond acceptors (Lipinski definition) is 2. The van der Waals surface area contributed by atoms with Gasteiger partial charge in [0, 0.05) is 34.7 Å². The number of aryl methyl sites for hydroxylation is 2. The molecule has 1 aromatic carbocycles. The summed E-state index contributed by atoms with van der Waals surface area (Å²) in [5.41, 5.74) is 3.35. The smallest absolute Gasteiger partial charge is 0.0596 e. The number of rotatable bonds is 5. The lowest BCUT2D eigenvalue weighted by Gasteiger charge is -2.20. The molecule has 1 N–H and O–H groups in total. The zero-order valence-electron chi connectivity index (χ0n) is 12.0. The number of hydrogen-bond donors (Lipinski definition) is 1. The van der Waals surface area contributed by atoms with Gasteiger partial charge in [-0.25, -0.2) is 0 Å². The van der Waals surface area contributed by atoms with Gasteiger partial charge in [0.2, 0.25) is 0 Å². The van der Waals surface area contributed by atoms with Crippen LogP contribution in [0.25, 0.3) is 0 Å². The Hall–Kier alpha value is -0.840. The Morgan fingerprint density at radius 2 is 2.15 bits per heavy atom. The van der Waals surface area contributed by atoms with Crippen molar-refractivity contribution in [3.05, 3.63) is 50.7 Å². The third kappa shape index (κ3) is 3.62. The molecular weight excluding hydrogens is 338 g/mol. The van der Waals surface area contributed by atoms with Crippen LogP contribution < -0.4 is 5.32 Å². The Labute approximate surface area is 133 Å². The van der Waals surface area contributed by atoms with Crippen LogP contribution in [0.15, 0.2) is 28.7 Å². The van der Waals surface area contributed by atoms with Crippen molar-refractivity contribution < 1.29 is 0 Å². The highest BCUT2D eigenvalue weighted by Crippen LogP contribution is 2.28. The Morgan fingerprint density at radius 1 is 1.40 bits per heavy atom. The molecule has 0 saturated heterocycles. The first-order valence-electron chi connectivity index (χ1n) is 6.69. The molecule has 108 valence electrons. The van der Waals surface area contributed by atoms with Gasteiger partial charge >= 0.3 is 0 Å². The van der Waals surface area contributed by atoms with Gasteiger partial charge in [-0.1, -0.05) is 34.5 Å². The fourth-order valence-corrected chi connectivity index (χ4v) is 3.01. The fraction of sp³-hybridized carbons (Fsp3) is 0.400. The maximum atomic E-state index is 6.35. The van der Waals surface area contributed by atoms with Crippen molar-refractivity contribution in [2.24, 2.45) is 7.05 Å². The Kier molecular flexibility index (Phi) is 5.24. The van der Waals surface area contributed by atoms with Gasteiger partial charge in [-0.05, 0) is 43.3 Å². The quantitative estimate of drug-likeness (QED) is 0.876. The third-order valence-electron chi connectivity index (χ3n) is 3.30. The fourth-order valence-electron chi connectivity index (χ4n) is 2.38. The van der Waals surface area contributed by atoms with E-state index >= 15 is 0 Å². The van der Waals surface area contributed by atoms with Crippen LogP contribution in [0.2, 0.25) is 5.02 Å². The summed E-state index contributed by atoms with van der Waals surface area (Å²) in [6.07, 6.45) is 0.862. The van der Waals surface area contributed by atoms with E-state index in [2.05, 4.69) is 45.4 Å². The lowest BCUT2D eigenvalue weighted by Crippen LogP contribution is -2.24. The molecule has 2 aromatic rings.